The van der Waals surface area contributed by atoms with Gasteiger partial charge in [-0.3, -0.25) is 4.79 Å². The zero-order chi connectivity index (χ0) is 15.6. The molecule has 1 aromatic heterocycles. The lowest BCUT2D eigenvalue weighted by molar-refractivity contribution is 0.0272. The van der Waals surface area contributed by atoms with Crippen LogP contribution >= 0.6 is 11.3 Å². The second kappa shape index (κ2) is 6.19. The Bertz CT molecular complexity index is 510. The first-order valence-electron chi connectivity index (χ1n) is 7.16. The van der Waals surface area contributed by atoms with E-state index in [2.05, 4.69) is 10.3 Å². The maximum atomic E-state index is 12.6. The summed E-state index contributed by atoms with van der Waals surface area (Å²) in [4.78, 5) is 19.2. The summed E-state index contributed by atoms with van der Waals surface area (Å²) in [7, 11) is 1.69. The van der Waals surface area contributed by atoms with Crippen molar-refractivity contribution in [2.75, 3.05) is 31.2 Å². The molecule has 2 heterocycles. The van der Waals surface area contributed by atoms with Gasteiger partial charge in [0.1, 0.15) is 10.7 Å². The number of nitrogen functional groups attached to an aromatic ring is 1. The average Bonchev–Trinajstić information content (AvgIpc) is 2.76. The zero-order valence-corrected chi connectivity index (χ0v) is 13.9. The van der Waals surface area contributed by atoms with Crippen LogP contribution in [0.5, 0.6) is 0 Å². The van der Waals surface area contributed by atoms with Crippen molar-refractivity contribution in [3.05, 3.63) is 4.88 Å². The smallest absolute Gasteiger partial charge is 0.267 e. The number of amides is 1. The molecular weight excluding hydrogens is 288 g/mol. The molecule has 1 aliphatic heterocycles. The number of methoxy groups -OCH3 is 1. The van der Waals surface area contributed by atoms with Gasteiger partial charge < -0.3 is 20.7 Å². The van der Waals surface area contributed by atoms with E-state index in [4.69, 9.17) is 10.5 Å². The van der Waals surface area contributed by atoms with Crippen LogP contribution in [0.25, 0.3) is 0 Å². The summed E-state index contributed by atoms with van der Waals surface area (Å²) in [5.41, 5.74) is 5.80. The molecule has 0 spiro atoms. The van der Waals surface area contributed by atoms with Crippen LogP contribution in [0.15, 0.2) is 0 Å². The number of hydrogen-bond acceptors (Lipinski definition) is 6. The minimum absolute atomic E-state index is 0.0475. The fourth-order valence-corrected chi connectivity index (χ4v) is 3.38. The number of nitrogens with one attached hydrogen (secondary N) is 1. The number of rotatable bonds is 3. The van der Waals surface area contributed by atoms with Crippen molar-refractivity contribution in [2.24, 2.45) is 0 Å². The van der Waals surface area contributed by atoms with Gasteiger partial charge in [0, 0.05) is 25.7 Å². The number of nitrogens with zero attached hydrogens (tertiary/aromatic N) is 2. The summed E-state index contributed by atoms with van der Waals surface area (Å²) < 4.78 is 5.36. The molecule has 0 radical (unpaired) electrons. The van der Waals surface area contributed by atoms with E-state index < -0.39 is 0 Å². The first-order chi connectivity index (χ1) is 9.80. The summed E-state index contributed by atoms with van der Waals surface area (Å²) in [6.07, 6.45) is 2.06. The molecule has 3 N–H and O–H groups in total. The third kappa shape index (κ3) is 4.07. The molecule has 0 aromatic carbocycles. The number of carbonyl (C=O) groups excluding carboxylic acids is 1. The van der Waals surface area contributed by atoms with Crippen molar-refractivity contribution >= 4 is 28.2 Å². The molecule has 7 heteroatoms. The third-order valence-electron chi connectivity index (χ3n) is 3.33. The number of likely N-dealkylation sites (tertiary alicyclic amines) is 1. The van der Waals surface area contributed by atoms with E-state index in [9.17, 15) is 4.79 Å². The number of hydrogen-bond donors (Lipinski definition) is 2. The van der Waals surface area contributed by atoms with E-state index in [1.807, 2.05) is 25.7 Å². The molecule has 1 fully saturated rings. The predicted octanol–water partition coefficient (Wildman–Crippen LogP) is 2.19. The Morgan fingerprint density at radius 1 is 1.52 bits per heavy atom. The summed E-state index contributed by atoms with van der Waals surface area (Å²) in [5.74, 6) is 0.255. The molecule has 1 unspecified atom stereocenters. The number of ether oxygens (including phenoxy) is 1. The second-order valence-electron chi connectivity index (χ2n) is 6.36. The normalized spacial score (nSPS) is 19.6. The van der Waals surface area contributed by atoms with Crippen LogP contribution in [0.4, 0.5) is 10.9 Å². The molecule has 21 heavy (non-hydrogen) atoms. The van der Waals surface area contributed by atoms with E-state index >= 15 is 0 Å². The largest absolute Gasteiger partial charge is 0.382 e. The van der Waals surface area contributed by atoms with Gasteiger partial charge in [0.05, 0.1) is 6.10 Å². The molecule has 0 bridgehead atoms. The van der Waals surface area contributed by atoms with E-state index in [1.54, 1.807) is 7.11 Å². The number of thiazole rings is 1. The van der Waals surface area contributed by atoms with Gasteiger partial charge in [-0.25, -0.2) is 4.98 Å². The molecule has 118 valence electrons. The van der Waals surface area contributed by atoms with Crippen LogP contribution in [0.1, 0.15) is 43.3 Å². The highest BCUT2D eigenvalue weighted by Gasteiger charge is 2.28. The second-order valence-corrected chi connectivity index (χ2v) is 7.36. The summed E-state index contributed by atoms with van der Waals surface area (Å²) in [6.45, 7) is 7.49. The van der Waals surface area contributed by atoms with Gasteiger partial charge >= 0.3 is 0 Å². The lowest BCUT2D eigenvalue weighted by Crippen LogP contribution is -2.42. The van der Waals surface area contributed by atoms with Crippen molar-refractivity contribution in [2.45, 2.75) is 45.3 Å². The quantitative estimate of drug-likeness (QED) is 0.894. The molecule has 1 aliphatic rings. The maximum absolute atomic E-state index is 12.6. The number of anilines is 2. The molecule has 1 saturated heterocycles. The maximum Gasteiger partial charge on any atom is 0.267 e. The minimum Gasteiger partial charge on any atom is -0.382 e. The first kappa shape index (κ1) is 16.0. The highest BCUT2D eigenvalue weighted by Crippen LogP contribution is 2.29. The SMILES string of the molecule is COC1CCCN(C(=O)c2sc(NC(C)(C)C)nc2N)C1. The van der Waals surface area contributed by atoms with Crippen molar-refractivity contribution in [3.8, 4) is 0 Å². The molecule has 0 saturated carbocycles. The summed E-state index contributed by atoms with van der Waals surface area (Å²) >= 11 is 1.32. The minimum atomic E-state index is -0.114. The van der Waals surface area contributed by atoms with E-state index in [-0.39, 0.29) is 17.6 Å². The zero-order valence-electron chi connectivity index (χ0n) is 13.1. The molecule has 1 amide bonds. The molecule has 0 aliphatic carbocycles. The van der Waals surface area contributed by atoms with Gasteiger partial charge in [0.25, 0.3) is 5.91 Å². The molecule has 1 aromatic rings. The van der Waals surface area contributed by atoms with Gasteiger partial charge in [-0.2, -0.15) is 0 Å². The van der Waals surface area contributed by atoms with E-state index in [0.717, 1.165) is 19.4 Å². The Morgan fingerprint density at radius 3 is 2.86 bits per heavy atom. The van der Waals surface area contributed by atoms with Gasteiger partial charge in [-0.1, -0.05) is 11.3 Å². The lowest BCUT2D eigenvalue weighted by Gasteiger charge is -2.31. The Hall–Kier alpha value is -1.34. The molecule has 6 nitrogen and oxygen atoms in total. The molecule has 2 rings (SSSR count). The van der Waals surface area contributed by atoms with Crippen LogP contribution in [0, 0.1) is 0 Å². The van der Waals surface area contributed by atoms with Gasteiger partial charge in [-0.05, 0) is 33.6 Å². The number of aromatic nitrogens is 1. The van der Waals surface area contributed by atoms with Gasteiger partial charge in [-0.15, -0.1) is 0 Å². The lowest BCUT2D eigenvalue weighted by atomic mass is 10.1. The third-order valence-corrected chi connectivity index (χ3v) is 4.30. The fraction of sp³-hybridized carbons (Fsp3) is 0.714. The van der Waals surface area contributed by atoms with Gasteiger partial charge in [0.15, 0.2) is 5.13 Å². The highest BCUT2D eigenvalue weighted by atomic mass is 32.1. The fourth-order valence-electron chi connectivity index (χ4n) is 2.32. The Morgan fingerprint density at radius 2 is 2.24 bits per heavy atom. The van der Waals surface area contributed by atoms with Crippen molar-refractivity contribution in [1.29, 1.82) is 0 Å². The first-order valence-corrected chi connectivity index (χ1v) is 7.98. The monoisotopic (exact) mass is 312 g/mol. The predicted molar refractivity (Wildman–Crippen MR) is 85.8 cm³/mol. The van der Waals surface area contributed by atoms with Crippen LogP contribution in [0.2, 0.25) is 0 Å². The summed E-state index contributed by atoms with van der Waals surface area (Å²) in [5, 5.41) is 3.94. The van der Waals surface area contributed by atoms with Crippen LogP contribution in [-0.4, -0.2) is 47.6 Å². The Balaban J connectivity index is 2.12. The number of nitrogens with two attached hydrogens (primary N) is 1. The van der Waals surface area contributed by atoms with Crippen LogP contribution < -0.4 is 11.1 Å². The average molecular weight is 312 g/mol. The topological polar surface area (TPSA) is 80.5 Å². The van der Waals surface area contributed by atoms with Crippen LogP contribution in [-0.2, 0) is 4.74 Å². The van der Waals surface area contributed by atoms with Crippen LogP contribution in [0.3, 0.4) is 0 Å². The standard InChI is InChI=1S/C14H24N4O2S/c1-14(2,3)17-13-16-11(15)10(21-13)12(19)18-7-5-6-9(8-18)20-4/h9H,5-8,15H2,1-4H3,(H,16,17). The van der Waals surface area contributed by atoms with E-state index in [0.29, 0.717) is 22.4 Å². The van der Waals surface area contributed by atoms with Crippen molar-refractivity contribution in [1.82, 2.24) is 9.88 Å². The summed E-state index contributed by atoms with van der Waals surface area (Å²) in [6, 6.07) is 0. The molecule has 1 atom stereocenters. The van der Waals surface area contributed by atoms with Crippen molar-refractivity contribution in [3.63, 3.8) is 0 Å². The molecular formula is C14H24N4O2S. The Labute approximate surface area is 129 Å². The van der Waals surface area contributed by atoms with E-state index in [1.165, 1.54) is 11.3 Å². The van der Waals surface area contributed by atoms with Crippen molar-refractivity contribution < 1.29 is 9.53 Å². The number of carbonyl (C=O) groups is 1. The Kier molecular flexibility index (Phi) is 4.73. The highest BCUT2D eigenvalue weighted by molar-refractivity contribution is 7.18. The number of piperidine rings is 1. The van der Waals surface area contributed by atoms with Gasteiger partial charge in [0.2, 0.25) is 0 Å².